The van der Waals surface area contributed by atoms with Gasteiger partial charge < -0.3 is 4.74 Å². The van der Waals surface area contributed by atoms with E-state index in [0.29, 0.717) is 11.3 Å². The second-order valence-corrected chi connectivity index (χ2v) is 8.44. The van der Waals surface area contributed by atoms with Crippen LogP contribution in [-0.4, -0.2) is 14.4 Å². The molecular weight excluding hydrogens is 449 g/mol. The molecule has 3 aromatic carbocycles. The average molecular weight is 464 g/mol. The SMILES string of the molecule is O=C(OCc1cccc(F)c1)c1ccc(NS(=O)(=O)c2ccc(Br)cc2)cc1. The second kappa shape index (κ2) is 8.53. The Morgan fingerprint density at radius 1 is 1.00 bits per heavy atom. The zero-order valence-corrected chi connectivity index (χ0v) is 16.8. The molecule has 0 radical (unpaired) electrons. The molecule has 0 saturated carbocycles. The van der Waals surface area contributed by atoms with Gasteiger partial charge in [-0.3, -0.25) is 4.72 Å². The van der Waals surface area contributed by atoms with E-state index in [1.807, 2.05) is 0 Å². The molecule has 0 aliphatic rings. The third-order valence-corrected chi connectivity index (χ3v) is 5.68. The molecular formula is C20H15BrFNO4S. The van der Waals surface area contributed by atoms with E-state index in [1.54, 1.807) is 18.2 Å². The molecule has 1 N–H and O–H groups in total. The third-order valence-electron chi connectivity index (χ3n) is 3.76. The fraction of sp³-hybridized carbons (Fsp3) is 0.0500. The van der Waals surface area contributed by atoms with Crippen LogP contribution in [-0.2, 0) is 21.4 Å². The van der Waals surface area contributed by atoms with E-state index < -0.39 is 21.8 Å². The van der Waals surface area contributed by atoms with E-state index in [9.17, 15) is 17.6 Å². The number of hydrogen-bond acceptors (Lipinski definition) is 4. The standard InChI is InChI=1S/C20H15BrFNO4S/c21-16-6-10-19(11-7-16)28(25,26)23-18-8-4-15(5-9-18)20(24)27-13-14-2-1-3-17(22)12-14/h1-12,23H,13H2. The Balaban J connectivity index is 1.64. The van der Waals surface area contributed by atoms with E-state index in [2.05, 4.69) is 20.7 Å². The Bertz CT molecular complexity index is 1080. The minimum atomic E-state index is -3.74. The van der Waals surface area contributed by atoms with Crippen molar-refractivity contribution >= 4 is 37.6 Å². The molecule has 0 spiro atoms. The van der Waals surface area contributed by atoms with E-state index in [1.165, 1.54) is 54.6 Å². The number of halogens is 2. The van der Waals surface area contributed by atoms with Crippen LogP contribution in [0.2, 0.25) is 0 Å². The first-order chi connectivity index (χ1) is 13.3. The molecule has 144 valence electrons. The molecule has 0 bridgehead atoms. The highest BCUT2D eigenvalue weighted by Crippen LogP contribution is 2.19. The van der Waals surface area contributed by atoms with Crippen molar-refractivity contribution in [2.24, 2.45) is 0 Å². The van der Waals surface area contributed by atoms with Crippen LogP contribution in [0.25, 0.3) is 0 Å². The number of esters is 1. The zero-order valence-electron chi connectivity index (χ0n) is 14.4. The topological polar surface area (TPSA) is 72.5 Å². The van der Waals surface area contributed by atoms with Crippen molar-refractivity contribution in [3.8, 4) is 0 Å². The normalized spacial score (nSPS) is 11.1. The first-order valence-electron chi connectivity index (χ1n) is 8.13. The molecule has 0 atom stereocenters. The molecule has 0 amide bonds. The number of rotatable bonds is 6. The number of anilines is 1. The lowest BCUT2D eigenvalue weighted by molar-refractivity contribution is 0.0472. The van der Waals surface area contributed by atoms with E-state index in [4.69, 9.17) is 4.74 Å². The largest absolute Gasteiger partial charge is 0.457 e. The van der Waals surface area contributed by atoms with Gasteiger partial charge in [0.15, 0.2) is 0 Å². The van der Waals surface area contributed by atoms with Gasteiger partial charge in [0.2, 0.25) is 0 Å². The van der Waals surface area contributed by atoms with E-state index in [-0.39, 0.29) is 17.1 Å². The second-order valence-electron chi connectivity index (χ2n) is 5.84. The van der Waals surface area contributed by atoms with Gasteiger partial charge in [-0.15, -0.1) is 0 Å². The molecule has 28 heavy (non-hydrogen) atoms. The van der Waals surface area contributed by atoms with Gasteiger partial charge in [-0.2, -0.15) is 0 Å². The van der Waals surface area contributed by atoms with Crippen molar-refractivity contribution in [1.82, 2.24) is 0 Å². The monoisotopic (exact) mass is 463 g/mol. The highest BCUT2D eigenvalue weighted by molar-refractivity contribution is 9.10. The maximum absolute atomic E-state index is 13.1. The molecule has 0 aromatic heterocycles. The average Bonchev–Trinajstić information content (AvgIpc) is 2.67. The summed E-state index contributed by atoms with van der Waals surface area (Å²) < 4.78 is 46.2. The van der Waals surface area contributed by atoms with Gasteiger partial charge in [0.25, 0.3) is 10.0 Å². The van der Waals surface area contributed by atoms with Crippen LogP contribution in [0, 0.1) is 5.82 Å². The number of hydrogen-bond donors (Lipinski definition) is 1. The molecule has 0 unspecified atom stereocenters. The maximum Gasteiger partial charge on any atom is 0.338 e. The number of ether oxygens (including phenoxy) is 1. The van der Waals surface area contributed by atoms with Crippen molar-refractivity contribution in [3.63, 3.8) is 0 Å². The molecule has 3 aromatic rings. The summed E-state index contributed by atoms with van der Waals surface area (Å²) in [5.74, 6) is -0.998. The van der Waals surface area contributed by atoms with Crippen molar-refractivity contribution < 1.29 is 22.3 Å². The van der Waals surface area contributed by atoms with E-state index in [0.717, 1.165) is 4.47 Å². The summed E-state index contributed by atoms with van der Waals surface area (Å²) in [5.41, 5.74) is 1.10. The van der Waals surface area contributed by atoms with Crippen LogP contribution in [0.5, 0.6) is 0 Å². The highest BCUT2D eigenvalue weighted by atomic mass is 79.9. The molecule has 0 fully saturated rings. The van der Waals surface area contributed by atoms with Gasteiger partial charge in [-0.05, 0) is 66.2 Å². The van der Waals surface area contributed by atoms with Crippen LogP contribution in [0.3, 0.4) is 0 Å². The molecule has 8 heteroatoms. The lowest BCUT2D eigenvalue weighted by Gasteiger charge is -2.09. The van der Waals surface area contributed by atoms with Crippen LogP contribution < -0.4 is 4.72 Å². The molecule has 0 aliphatic carbocycles. The summed E-state index contributed by atoms with van der Waals surface area (Å²) in [7, 11) is -3.74. The van der Waals surface area contributed by atoms with E-state index >= 15 is 0 Å². The number of nitrogens with one attached hydrogen (secondary N) is 1. The fourth-order valence-corrected chi connectivity index (χ4v) is 3.68. The number of benzene rings is 3. The molecule has 0 aliphatic heterocycles. The van der Waals surface area contributed by atoms with Crippen molar-refractivity contribution in [1.29, 1.82) is 0 Å². The summed E-state index contributed by atoms with van der Waals surface area (Å²) in [4.78, 5) is 12.2. The molecule has 0 heterocycles. The predicted octanol–water partition coefficient (Wildman–Crippen LogP) is 4.75. The molecule has 5 nitrogen and oxygen atoms in total. The summed E-state index contributed by atoms with van der Waals surface area (Å²) in [6.45, 7) is -0.0610. The number of carbonyl (C=O) groups excluding carboxylic acids is 1. The smallest absolute Gasteiger partial charge is 0.338 e. The Hall–Kier alpha value is -2.71. The summed E-state index contributed by atoms with van der Waals surface area (Å²) in [5, 5.41) is 0. The Labute approximate surface area is 170 Å². The Morgan fingerprint density at radius 3 is 2.32 bits per heavy atom. The van der Waals surface area contributed by atoms with Crippen molar-refractivity contribution in [2.75, 3.05) is 4.72 Å². The minimum absolute atomic E-state index is 0.0610. The third kappa shape index (κ3) is 5.17. The predicted molar refractivity (Wildman–Crippen MR) is 107 cm³/mol. The maximum atomic E-state index is 13.1. The lowest BCUT2D eigenvalue weighted by atomic mass is 10.2. The van der Waals surface area contributed by atoms with Crippen LogP contribution in [0.15, 0.2) is 82.2 Å². The lowest BCUT2D eigenvalue weighted by Crippen LogP contribution is -2.13. The molecule has 0 saturated heterocycles. The summed E-state index contributed by atoms with van der Waals surface area (Å²) >= 11 is 3.25. The Kier molecular flexibility index (Phi) is 6.11. The van der Waals surface area contributed by atoms with Gasteiger partial charge in [0, 0.05) is 10.2 Å². The highest BCUT2D eigenvalue weighted by Gasteiger charge is 2.14. The molecule has 3 rings (SSSR count). The van der Waals surface area contributed by atoms with Crippen molar-refractivity contribution in [3.05, 3.63) is 94.2 Å². The van der Waals surface area contributed by atoms with Gasteiger partial charge in [-0.25, -0.2) is 17.6 Å². The van der Waals surface area contributed by atoms with Crippen molar-refractivity contribution in [2.45, 2.75) is 11.5 Å². The number of sulfonamides is 1. The van der Waals surface area contributed by atoms with Crippen LogP contribution >= 0.6 is 15.9 Å². The van der Waals surface area contributed by atoms with Gasteiger partial charge in [0.1, 0.15) is 12.4 Å². The van der Waals surface area contributed by atoms with Gasteiger partial charge in [0.05, 0.1) is 10.5 Å². The first kappa shape index (κ1) is 20.0. The first-order valence-corrected chi connectivity index (χ1v) is 10.4. The quantitative estimate of drug-likeness (QED) is 0.535. The minimum Gasteiger partial charge on any atom is -0.457 e. The number of carbonyl (C=O) groups is 1. The Morgan fingerprint density at radius 2 is 1.68 bits per heavy atom. The van der Waals surface area contributed by atoms with Crippen LogP contribution in [0.1, 0.15) is 15.9 Å². The fourth-order valence-electron chi connectivity index (χ4n) is 2.36. The zero-order chi connectivity index (χ0) is 20.1. The van der Waals surface area contributed by atoms with Gasteiger partial charge >= 0.3 is 5.97 Å². The van der Waals surface area contributed by atoms with Gasteiger partial charge in [-0.1, -0.05) is 28.1 Å². The van der Waals surface area contributed by atoms with Crippen LogP contribution in [0.4, 0.5) is 10.1 Å². The summed E-state index contributed by atoms with van der Waals surface area (Å²) in [6, 6.07) is 17.8. The summed E-state index contributed by atoms with van der Waals surface area (Å²) in [6.07, 6.45) is 0.